The zero-order valence-corrected chi connectivity index (χ0v) is 9.81. The summed E-state index contributed by atoms with van der Waals surface area (Å²) in [7, 11) is 0. The molecule has 1 atom stereocenters. The molecule has 80 valence electrons. The number of rotatable bonds is 2. The molecule has 1 nitrogen and oxygen atoms in total. The van der Waals surface area contributed by atoms with Crippen molar-refractivity contribution in [1.82, 2.24) is 0 Å². The largest absolute Gasteiger partial charge is 0.298 e. The standard InChI is InChI=1S/C12H20OS/c1-2-9-3-5-10(6-4-9)11-7-14-8-12(11)13/h9-11H,2-8H2,1H3. The van der Waals surface area contributed by atoms with E-state index in [0.29, 0.717) is 11.7 Å². The molecule has 1 saturated heterocycles. The van der Waals surface area contributed by atoms with Crippen molar-refractivity contribution in [2.45, 2.75) is 39.0 Å². The third-order valence-electron chi connectivity index (χ3n) is 3.99. The highest BCUT2D eigenvalue weighted by Crippen LogP contribution is 2.38. The first kappa shape index (κ1) is 10.5. The Balaban J connectivity index is 1.85. The fourth-order valence-corrected chi connectivity index (χ4v) is 4.13. The fraction of sp³-hybridized carbons (Fsp3) is 0.917. The van der Waals surface area contributed by atoms with Crippen LogP contribution >= 0.6 is 11.8 Å². The van der Waals surface area contributed by atoms with E-state index >= 15 is 0 Å². The number of hydrogen-bond donors (Lipinski definition) is 0. The van der Waals surface area contributed by atoms with Crippen molar-refractivity contribution in [3.05, 3.63) is 0 Å². The van der Waals surface area contributed by atoms with Gasteiger partial charge in [0.25, 0.3) is 0 Å². The summed E-state index contributed by atoms with van der Waals surface area (Å²) in [5.74, 6) is 4.56. The number of hydrogen-bond acceptors (Lipinski definition) is 2. The summed E-state index contributed by atoms with van der Waals surface area (Å²) in [6.45, 7) is 2.29. The van der Waals surface area contributed by atoms with Crippen LogP contribution in [-0.4, -0.2) is 17.3 Å². The Morgan fingerprint density at radius 1 is 1.29 bits per heavy atom. The van der Waals surface area contributed by atoms with Crippen LogP contribution in [0.15, 0.2) is 0 Å². The highest BCUT2D eigenvalue weighted by Gasteiger charge is 2.34. The highest BCUT2D eigenvalue weighted by molar-refractivity contribution is 8.00. The van der Waals surface area contributed by atoms with E-state index in [1.165, 1.54) is 32.1 Å². The third kappa shape index (κ3) is 2.16. The molecule has 2 heteroatoms. The van der Waals surface area contributed by atoms with Gasteiger partial charge in [0.05, 0.1) is 5.75 Å². The summed E-state index contributed by atoms with van der Waals surface area (Å²) >= 11 is 1.84. The molecular formula is C12H20OS. The maximum atomic E-state index is 11.6. The second-order valence-electron chi connectivity index (χ2n) is 4.78. The van der Waals surface area contributed by atoms with Crippen LogP contribution in [0.3, 0.4) is 0 Å². The SMILES string of the molecule is CCC1CCC(C2CSCC2=O)CC1. The minimum Gasteiger partial charge on any atom is -0.298 e. The van der Waals surface area contributed by atoms with Crippen molar-refractivity contribution in [1.29, 1.82) is 0 Å². The summed E-state index contributed by atoms with van der Waals surface area (Å²) in [4.78, 5) is 11.6. The van der Waals surface area contributed by atoms with Crippen molar-refractivity contribution in [3.8, 4) is 0 Å². The van der Waals surface area contributed by atoms with Crippen LogP contribution in [0.2, 0.25) is 0 Å². The molecule has 1 aliphatic carbocycles. The quantitative estimate of drug-likeness (QED) is 0.699. The van der Waals surface area contributed by atoms with Gasteiger partial charge in [-0.25, -0.2) is 0 Å². The molecule has 2 fully saturated rings. The number of carbonyl (C=O) groups excluding carboxylic acids is 1. The zero-order valence-electron chi connectivity index (χ0n) is 9.00. The van der Waals surface area contributed by atoms with Crippen molar-refractivity contribution in [2.75, 3.05) is 11.5 Å². The number of thioether (sulfide) groups is 1. The summed E-state index contributed by atoms with van der Waals surface area (Å²) in [5, 5.41) is 0. The van der Waals surface area contributed by atoms with Gasteiger partial charge in [0.2, 0.25) is 0 Å². The summed E-state index contributed by atoms with van der Waals surface area (Å²) in [5.41, 5.74) is 0. The zero-order chi connectivity index (χ0) is 9.97. The molecule has 14 heavy (non-hydrogen) atoms. The maximum Gasteiger partial charge on any atom is 0.146 e. The van der Waals surface area contributed by atoms with Crippen molar-refractivity contribution < 1.29 is 4.79 Å². The molecule has 1 aliphatic heterocycles. The van der Waals surface area contributed by atoms with Crippen molar-refractivity contribution >= 4 is 17.5 Å². The molecule has 0 aromatic carbocycles. The van der Waals surface area contributed by atoms with Crippen LogP contribution in [0.1, 0.15) is 39.0 Å². The normalized spacial score (nSPS) is 38.9. The van der Waals surface area contributed by atoms with Gasteiger partial charge < -0.3 is 0 Å². The van der Waals surface area contributed by atoms with Gasteiger partial charge >= 0.3 is 0 Å². The lowest BCUT2D eigenvalue weighted by atomic mass is 9.74. The van der Waals surface area contributed by atoms with E-state index in [4.69, 9.17) is 0 Å². The Hall–Kier alpha value is 0.0200. The van der Waals surface area contributed by atoms with E-state index in [9.17, 15) is 4.79 Å². The Morgan fingerprint density at radius 2 is 2.00 bits per heavy atom. The molecule has 0 spiro atoms. The lowest BCUT2D eigenvalue weighted by Crippen LogP contribution is -2.26. The number of ketones is 1. The van der Waals surface area contributed by atoms with E-state index in [0.717, 1.165) is 23.3 Å². The minimum atomic E-state index is 0.429. The van der Waals surface area contributed by atoms with E-state index in [1.807, 2.05) is 11.8 Å². The molecule has 1 saturated carbocycles. The van der Waals surface area contributed by atoms with Crippen molar-refractivity contribution in [2.24, 2.45) is 17.8 Å². The molecule has 2 aliphatic rings. The molecule has 0 radical (unpaired) electrons. The predicted octanol–water partition coefficient (Wildman–Crippen LogP) is 3.13. The average Bonchev–Trinajstić information content (AvgIpc) is 2.65. The Bertz CT molecular complexity index is 206. The molecule has 0 aromatic rings. The Morgan fingerprint density at radius 3 is 2.50 bits per heavy atom. The molecule has 0 N–H and O–H groups in total. The topological polar surface area (TPSA) is 17.1 Å². The van der Waals surface area contributed by atoms with Crippen LogP contribution in [-0.2, 0) is 4.79 Å². The van der Waals surface area contributed by atoms with Crippen LogP contribution in [0, 0.1) is 17.8 Å². The summed E-state index contributed by atoms with van der Waals surface area (Å²) in [6, 6.07) is 0. The number of carbonyl (C=O) groups is 1. The van der Waals surface area contributed by atoms with Crippen LogP contribution in [0.5, 0.6) is 0 Å². The monoisotopic (exact) mass is 212 g/mol. The smallest absolute Gasteiger partial charge is 0.146 e. The molecule has 1 heterocycles. The van der Waals surface area contributed by atoms with Gasteiger partial charge in [-0.3, -0.25) is 4.79 Å². The van der Waals surface area contributed by atoms with Gasteiger partial charge in [0, 0.05) is 11.7 Å². The van der Waals surface area contributed by atoms with Gasteiger partial charge in [-0.05, 0) is 24.7 Å². The average molecular weight is 212 g/mol. The highest BCUT2D eigenvalue weighted by atomic mass is 32.2. The molecular weight excluding hydrogens is 192 g/mol. The predicted molar refractivity (Wildman–Crippen MR) is 61.6 cm³/mol. The van der Waals surface area contributed by atoms with Crippen LogP contribution < -0.4 is 0 Å². The second-order valence-corrected chi connectivity index (χ2v) is 5.81. The summed E-state index contributed by atoms with van der Waals surface area (Å²) < 4.78 is 0. The first-order valence-corrected chi connectivity index (χ1v) is 7.07. The van der Waals surface area contributed by atoms with Gasteiger partial charge in [-0.1, -0.05) is 26.2 Å². The molecule has 2 rings (SSSR count). The second kappa shape index (κ2) is 4.69. The molecule has 0 amide bonds. The first-order chi connectivity index (χ1) is 6.81. The van der Waals surface area contributed by atoms with Gasteiger partial charge in [-0.15, -0.1) is 0 Å². The van der Waals surface area contributed by atoms with Crippen LogP contribution in [0.25, 0.3) is 0 Å². The van der Waals surface area contributed by atoms with E-state index < -0.39 is 0 Å². The Kier molecular flexibility index (Phi) is 3.53. The Labute approximate surface area is 91.0 Å². The van der Waals surface area contributed by atoms with E-state index in [-0.39, 0.29) is 0 Å². The van der Waals surface area contributed by atoms with Crippen LogP contribution in [0.4, 0.5) is 0 Å². The van der Waals surface area contributed by atoms with Gasteiger partial charge in [0.15, 0.2) is 0 Å². The van der Waals surface area contributed by atoms with Crippen molar-refractivity contribution in [3.63, 3.8) is 0 Å². The lowest BCUT2D eigenvalue weighted by Gasteiger charge is -2.30. The number of Topliss-reactive ketones (excluding diaryl/α,β-unsaturated/α-hetero) is 1. The maximum absolute atomic E-state index is 11.6. The molecule has 1 unspecified atom stereocenters. The third-order valence-corrected chi connectivity index (χ3v) is 5.08. The van der Waals surface area contributed by atoms with Gasteiger partial charge in [0.1, 0.15) is 5.78 Å². The van der Waals surface area contributed by atoms with E-state index in [2.05, 4.69) is 6.92 Å². The lowest BCUT2D eigenvalue weighted by molar-refractivity contribution is -0.121. The van der Waals surface area contributed by atoms with Gasteiger partial charge in [-0.2, -0.15) is 11.8 Å². The molecule has 0 aromatic heterocycles. The first-order valence-electron chi connectivity index (χ1n) is 5.91. The minimum absolute atomic E-state index is 0.429. The molecule has 0 bridgehead atoms. The summed E-state index contributed by atoms with van der Waals surface area (Å²) in [6.07, 6.45) is 6.70. The fourth-order valence-electron chi connectivity index (χ4n) is 2.88. The van der Waals surface area contributed by atoms with E-state index in [1.54, 1.807) is 0 Å².